The lowest BCUT2D eigenvalue weighted by molar-refractivity contribution is -0.141. The molecule has 0 aromatic heterocycles. The summed E-state index contributed by atoms with van der Waals surface area (Å²) in [6.07, 6.45) is 1.25. The summed E-state index contributed by atoms with van der Waals surface area (Å²) in [7, 11) is 0. The maximum absolute atomic E-state index is 11.0. The SMILES string of the molecule is [N-]=[N+]=CC(=O)OCc1ccccc1COC(=O)C=[N+]=[N-]. The van der Waals surface area contributed by atoms with Gasteiger partial charge in [-0.15, -0.1) is 0 Å². The normalized spacial score (nSPS) is 8.80. The van der Waals surface area contributed by atoms with Gasteiger partial charge in [-0.25, -0.2) is 9.59 Å². The first-order valence-electron chi connectivity index (χ1n) is 5.42. The van der Waals surface area contributed by atoms with Crippen LogP contribution in [0.25, 0.3) is 11.1 Å². The molecule has 1 aromatic carbocycles. The van der Waals surface area contributed by atoms with Crippen LogP contribution in [0.3, 0.4) is 0 Å². The maximum atomic E-state index is 11.0. The minimum absolute atomic E-state index is 0.0628. The first kappa shape index (κ1) is 15.0. The summed E-state index contributed by atoms with van der Waals surface area (Å²) in [5.74, 6) is -1.60. The Kier molecular flexibility index (Phi) is 6.06. The fraction of sp³-hybridized carbons (Fsp3) is 0.167. The molecule has 8 heteroatoms. The van der Waals surface area contributed by atoms with Crippen LogP contribution in [0.1, 0.15) is 11.1 Å². The van der Waals surface area contributed by atoms with E-state index in [1.165, 1.54) is 0 Å². The van der Waals surface area contributed by atoms with Crippen LogP contribution >= 0.6 is 0 Å². The Balaban J connectivity index is 2.67. The highest BCUT2D eigenvalue weighted by molar-refractivity contribution is 6.20. The largest absolute Gasteiger partial charge is 0.452 e. The molecule has 0 bridgehead atoms. The lowest BCUT2D eigenvalue weighted by Crippen LogP contribution is -2.10. The van der Waals surface area contributed by atoms with Gasteiger partial charge in [-0.05, 0) is 11.1 Å². The molecule has 8 nitrogen and oxygen atoms in total. The average molecular weight is 274 g/mol. The molecule has 20 heavy (non-hydrogen) atoms. The Labute approximate surface area is 113 Å². The third-order valence-electron chi connectivity index (χ3n) is 2.18. The van der Waals surface area contributed by atoms with E-state index in [1.54, 1.807) is 24.3 Å². The summed E-state index contributed by atoms with van der Waals surface area (Å²) in [5, 5.41) is 0. The molecule has 0 unspecified atom stereocenters. The quantitative estimate of drug-likeness (QED) is 0.321. The van der Waals surface area contributed by atoms with Crippen molar-refractivity contribution in [2.75, 3.05) is 0 Å². The van der Waals surface area contributed by atoms with Crippen molar-refractivity contribution in [3.8, 4) is 0 Å². The Bertz CT molecular complexity index is 548. The third kappa shape index (κ3) is 5.05. The number of benzene rings is 1. The van der Waals surface area contributed by atoms with Gasteiger partial charge in [0.2, 0.25) is 0 Å². The molecule has 0 aliphatic carbocycles. The highest BCUT2D eigenvalue weighted by Gasteiger charge is 2.09. The van der Waals surface area contributed by atoms with Crippen molar-refractivity contribution in [2.45, 2.75) is 13.2 Å². The lowest BCUT2D eigenvalue weighted by Gasteiger charge is -2.08. The van der Waals surface area contributed by atoms with E-state index in [-0.39, 0.29) is 13.2 Å². The van der Waals surface area contributed by atoms with E-state index in [0.29, 0.717) is 23.6 Å². The van der Waals surface area contributed by atoms with Gasteiger partial charge < -0.3 is 20.5 Å². The predicted molar refractivity (Wildman–Crippen MR) is 65.4 cm³/mol. The monoisotopic (exact) mass is 274 g/mol. The smallest absolute Gasteiger partial charge is 0.413 e. The van der Waals surface area contributed by atoms with Gasteiger partial charge in [0, 0.05) is 0 Å². The molecule has 1 aromatic rings. The van der Waals surface area contributed by atoms with E-state index in [1.807, 2.05) is 0 Å². The van der Waals surface area contributed by atoms with Gasteiger partial charge in [-0.1, -0.05) is 24.3 Å². The standard InChI is InChI=1S/C12H10N4O4/c13-15-5-11(17)19-7-9-3-1-2-4-10(9)8-20-12(18)6-16-14/h1-6H,7-8H2. The van der Waals surface area contributed by atoms with Crippen LogP contribution in [0.5, 0.6) is 0 Å². The molecule has 0 saturated carbocycles. The van der Waals surface area contributed by atoms with Gasteiger partial charge in [0.1, 0.15) is 13.2 Å². The Morgan fingerprint density at radius 1 is 0.950 bits per heavy atom. The molecule has 0 atom stereocenters. The summed E-state index contributed by atoms with van der Waals surface area (Å²) in [5.41, 5.74) is 17.6. The molecule has 0 heterocycles. The first-order chi connectivity index (χ1) is 9.67. The Morgan fingerprint density at radius 3 is 1.70 bits per heavy atom. The van der Waals surface area contributed by atoms with Crippen LogP contribution in [-0.2, 0) is 32.3 Å². The molecular formula is C12H10N4O4. The number of nitrogens with zero attached hydrogens (tertiary/aromatic N) is 4. The minimum Gasteiger partial charge on any atom is -0.452 e. The van der Waals surface area contributed by atoms with Gasteiger partial charge in [0.15, 0.2) is 0 Å². The predicted octanol–water partition coefficient (Wildman–Crippen LogP) is 0.374. The van der Waals surface area contributed by atoms with Gasteiger partial charge in [0.25, 0.3) is 0 Å². The molecule has 0 amide bonds. The number of esters is 2. The van der Waals surface area contributed by atoms with E-state index >= 15 is 0 Å². The topological polar surface area (TPSA) is 125 Å². The summed E-state index contributed by atoms with van der Waals surface area (Å²) in [6, 6.07) is 6.83. The summed E-state index contributed by atoms with van der Waals surface area (Å²) in [4.78, 5) is 27.1. The van der Waals surface area contributed by atoms with Crippen molar-refractivity contribution in [2.24, 2.45) is 0 Å². The molecule has 0 aliphatic heterocycles. The van der Waals surface area contributed by atoms with Crippen LogP contribution in [0, 0.1) is 0 Å². The minimum atomic E-state index is -0.799. The van der Waals surface area contributed by atoms with E-state index in [9.17, 15) is 9.59 Å². The molecule has 0 saturated heterocycles. The van der Waals surface area contributed by atoms with Crippen LogP contribution in [0.15, 0.2) is 24.3 Å². The molecule has 0 spiro atoms. The molecule has 0 radical (unpaired) electrons. The van der Waals surface area contributed by atoms with Crippen molar-refractivity contribution >= 4 is 24.4 Å². The van der Waals surface area contributed by atoms with Gasteiger partial charge in [0.05, 0.1) is 0 Å². The number of rotatable bonds is 6. The summed E-state index contributed by atoms with van der Waals surface area (Å²) in [6.45, 7) is -0.126. The maximum Gasteiger partial charge on any atom is 0.413 e. The number of ether oxygens (including phenoxy) is 2. The Hall–Kier alpha value is -3.08. The van der Waals surface area contributed by atoms with Gasteiger partial charge in [-0.3, -0.25) is 0 Å². The van der Waals surface area contributed by atoms with Crippen LogP contribution in [0.2, 0.25) is 0 Å². The van der Waals surface area contributed by atoms with Crippen LogP contribution < -0.4 is 0 Å². The molecule has 1 rings (SSSR count). The van der Waals surface area contributed by atoms with Crippen LogP contribution in [-0.4, -0.2) is 33.9 Å². The van der Waals surface area contributed by atoms with E-state index in [2.05, 4.69) is 9.58 Å². The molecule has 0 N–H and O–H groups in total. The highest BCUT2D eigenvalue weighted by atomic mass is 16.5. The summed E-state index contributed by atoms with van der Waals surface area (Å²) >= 11 is 0. The van der Waals surface area contributed by atoms with Crippen molar-refractivity contribution in [3.63, 3.8) is 0 Å². The first-order valence-corrected chi connectivity index (χ1v) is 5.42. The molecule has 0 fully saturated rings. The zero-order valence-corrected chi connectivity index (χ0v) is 10.3. The number of hydrogen-bond donors (Lipinski definition) is 0. The van der Waals surface area contributed by atoms with Gasteiger partial charge in [-0.2, -0.15) is 9.58 Å². The lowest BCUT2D eigenvalue weighted by atomic mass is 10.1. The second-order valence-electron chi connectivity index (χ2n) is 3.47. The highest BCUT2D eigenvalue weighted by Crippen LogP contribution is 2.11. The van der Waals surface area contributed by atoms with Gasteiger partial charge >= 0.3 is 24.4 Å². The van der Waals surface area contributed by atoms with Crippen molar-refractivity contribution in [3.05, 3.63) is 46.5 Å². The third-order valence-corrected chi connectivity index (χ3v) is 2.18. The van der Waals surface area contributed by atoms with E-state index in [0.717, 1.165) is 0 Å². The van der Waals surface area contributed by atoms with E-state index < -0.39 is 11.9 Å². The molecule has 102 valence electrons. The fourth-order valence-corrected chi connectivity index (χ4v) is 1.31. The number of carbonyl (C=O) groups is 2. The second kappa shape index (κ2) is 8.10. The zero-order chi connectivity index (χ0) is 14.8. The van der Waals surface area contributed by atoms with E-state index in [4.69, 9.17) is 20.5 Å². The zero-order valence-electron chi connectivity index (χ0n) is 10.3. The summed E-state index contributed by atoms with van der Waals surface area (Å²) < 4.78 is 9.62. The number of carbonyl (C=O) groups excluding carboxylic acids is 2. The van der Waals surface area contributed by atoms with Crippen molar-refractivity contribution < 1.29 is 28.6 Å². The Morgan fingerprint density at radius 2 is 1.35 bits per heavy atom. The average Bonchev–Trinajstić information content (AvgIpc) is 2.44. The molecule has 0 aliphatic rings. The van der Waals surface area contributed by atoms with Crippen molar-refractivity contribution in [1.29, 1.82) is 0 Å². The number of hydrogen-bond acceptors (Lipinski definition) is 4. The van der Waals surface area contributed by atoms with Crippen LogP contribution in [0.4, 0.5) is 0 Å². The van der Waals surface area contributed by atoms with Crippen molar-refractivity contribution in [1.82, 2.24) is 0 Å². The molecular weight excluding hydrogens is 264 g/mol. The second-order valence-corrected chi connectivity index (χ2v) is 3.47. The fourth-order valence-electron chi connectivity index (χ4n) is 1.31.